The summed E-state index contributed by atoms with van der Waals surface area (Å²) in [5.41, 5.74) is 6.94. The summed E-state index contributed by atoms with van der Waals surface area (Å²) in [6, 6.07) is 0.291. The Bertz CT molecular complexity index is 355. The molecule has 0 bridgehead atoms. The number of hydrogen-bond acceptors (Lipinski definition) is 3. The van der Waals surface area contributed by atoms with E-state index in [4.69, 9.17) is 5.73 Å². The Hall–Kier alpha value is -1.29. The highest BCUT2D eigenvalue weighted by atomic mass is 15.3. The van der Waals surface area contributed by atoms with Crippen LogP contribution in [0.2, 0.25) is 0 Å². The van der Waals surface area contributed by atoms with E-state index in [0.29, 0.717) is 6.04 Å². The van der Waals surface area contributed by atoms with Crippen molar-refractivity contribution in [2.24, 2.45) is 5.73 Å². The second-order valence-electron chi connectivity index (χ2n) is 4.12. The fourth-order valence-corrected chi connectivity index (χ4v) is 2.03. The molecule has 0 amide bonds. The van der Waals surface area contributed by atoms with E-state index in [0.717, 1.165) is 37.7 Å². The average molecular weight is 206 g/mol. The first kappa shape index (κ1) is 10.2. The highest BCUT2D eigenvalue weighted by Crippen LogP contribution is 2.19. The van der Waals surface area contributed by atoms with Gasteiger partial charge in [0.05, 0.1) is 5.69 Å². The lowest BCUT2D eigenvalue weighted by molar-refractivity contribution is 0.739. The predicted octanol–water partition coefficient (Wildman–Crippen LogP) is 0.915. The summed E-state index contributed by atoms with van der Waals surface area (Å²) in [6.07, 6.45) is 5.00. The van der Waals surface area contributed by atoms with E-state index in [9.17, 15) is 0 Å². The van der Waals surface area contributed by atoms with Crippen LogP contribution in [0.3, 0.4) is 0 Å². The van der Waals surface area contributed by atoms with Crippen molar-refractivity contribution in [3.8, 4) is 0 Å². The minimum atomic E-state index is 0.291. The maximum atomic E-state index is 5.89. The third-order valence-corrected chi connectivity index (χ3v) is 2.71. The van der Waals surface area contributed by atoms with Crippen molar-refractivity contribution in [2.75, 3.05) is 18.0 Å². The van der Waals surface area contributed by atoms with Gasteiger partial charge in [0.25, 0.3) is 0 Å². The third-order valence-electron chi connectivity index (χ3n) is 2.71. The van der Waals surface area contributed by atoms with E-state index in [-0.39, 0.29) is 0 Å². The van der Waals surface area contributed by atoms with Crippen LogP contribution in [0.1, 0.15) is 12.1 Å². The highest BCUT2D eigenvalue weighted by molar-refractivity contribution is 5.35. The minimum Gasteiger partial charge on any atom is -0.341 e. The quantitative estimate of drug-likeness (QED) is 0.748. The molecule has 4 heteroatoms. The smallest absolute Gasteiger partial charge is 0.206 e. The SMILES string of the molecule is C=CCn1cc(C)nc1N1CCC(N)C1. The molecule has 1 atom stereocenters. The lowest BCUT2D eigenvalue weighted by Crippen LogP contribution is -2.28. The van der Waals surface area contributed by atoms with E-state index in [1.807, 2.05) is 13.0 Å². The van der Waals surface area contributed by atoms with Crippen molar-refractivity contribution < 1.29 is 0 Å². The molecule has 1 unspecified atom stereocenters. The summed E-state index contributed by atoms with van der Waals surface area (Å²) in [6.45, 7) is 8.50. The number of rotatable bonds is 3. The zero-order valence-electron chi connectivity index (χ0n) is 9.19. The second-order valence-corrected chi connectivity index (χ2v) is 4.12. The summed E-state index contributed by atoms with van der Waals surface area (Å²) in [4.78, 5) is 6.78. The molecule has 0 aromatic carbocycles. The van der Waals surface area contributed by atoms with Crippen molar-refractivity contribution >= 4 is 5.95 Å². The van der Waals surface area contributed by atoms with Crippen LogP contribution in [-0.2, 0) is 6.54 Å². The van der Waals surface area contributed by atoms with E-state index >= 15 is 0 Å². The van der Waals surface area contributed by atoms with Crippen LogP contribution in [0.4, 0.5) is 5.95 Å². The van der Waals surface area contributed by atoms with Crippen LogP contribution in [0.5, 0.6) is 0 Å². The van der Waals surface area contributed by atoms with Gasteiger partial charge in [-0.3, -0.25) is 0 Å². The first-order chi connectivity index (χ1) is 7.20. The Balaban J connectivity index is 2.22. The second kappa shape index (κ2) is 4.06. The Morgan fingerprint density at radius 1 is 1.73 bits per heavy atom. The molecule has 1 aromatic rings. The number of imidazole rings is 1. The topological polar surface area (TPSA) is 47.1 Å². The molecular formula is C11H18N4. The van der Waals surface area contributed by atoms with Gasteiger partial charge in [-0.05, 0) is 13.3 Å². The summed E-state index contributed by atoms with van der Waals surface area (Å²) in [5, 5.41) is 0. The molecule has 4 nitrogen and oxygen atoms in total. The maximum absolute atomic E-state index is 5.89. The van der Waals surface area contributed by atoms with Gasteiger partial charge >= 0.3 is 0 Å². The van der Waals surface area contributed by atoms with Crippen molar-refractivity contribution in [1.82, 2.24) is 9.55 Å². The molecule has 1 aliphatic rings. The van der Waals surface area contributed by atoms with E-state index in [1.165, 1.54) is 0 Å². The first-order valence-electron chi connectivity index (χ1n) is 5.36. The molecule has 2 N–H and O–H groups in total. The lowest BCUT2D eigenvalue weighted by atomic mass is 10.3. The predicted molar refractivity (Wildman–Crippen MR) is 62.0 cm³/mol. The number of allylic oxidation sites excluding steroid dienone is 1. The van der Waals surface area contributed by atoms with Crippen LogP contribution >= 0.6 is 0 Å². The van der Waals surface area contributed by atoms with Gasteiger partial charge in [0, 0.05) is 31.9 Å². The van der Waals surface area contributed by atoms with Gasteiger partial charge in [-0.2, -0.15) is 0 Å². The van der Waals surface area contributed by atoms with Crippen molar-refractivity contribution in [3.05, 3.63) is 24.5 Å². The van der Waals surface area contributed by atoms with Gasteiger partial charge in [0.2, 0.25) is 5.95 Å². The minimum absolute atomic E-state index is 0.291. The molecule has 1 aliphatic heterocycles. The molecule has 0 aliphatic carbocycles. The number of anilines is 1. The summed E-state index contributed by atoms with van der Waals surface area (Å²) < 4.78 is 2.13. The van der Waals surface area contributed by atoms with E-state index in [1.54, 1.807) is 0 Å². The van der Waals surface area contributed by atoms with Gasteiger partial charge in [0.1, 0.15) is 0 Å². The lowest BCUT2D eigenvalue weighted by Gasteiger charge is -2.17. The number of aromatic nitrogens is 2. The zero-order chi connectivity index (χ0) is 10.8. The fraction of sp³-hybridized carbons (Fsp3) is 0.545. The number of hydrogen-bond donors (Lipinski definition) is 1. The Morgan fingerprint density at radius 3 is 3.13 bits per heavy atom. The molecular weight excluding hydrogens is 188 g/mol. The number of aryl methyl sites for hydroxylation is 1. The molecule has 1 saturated heterocycles. The Kier molecular flexibility index (Phi) is 2.77. The van der Waals surface area contributed by atoms with Crippen LogP contribution in [0, 0.1) is 6.92 Å². The molecule has 0 radical (unpaired) electrons. The van der Waals surface area contributed by atoms with E-state index in [2.05, 4.69) is 27.2 Å². The fourth-order valence-electron chi connectivity index (χ4n) is 2.03. The van der Waals surface area contributed by atoms with Crippen molar-refractivity contribution in [2.45, 2.75) is 25.9 Å². The molecule has 0 saturated carbocycles. The molecule has 1 aromatic heterocycles. The molecule has 0 spiro atoms. The molecule has 2 rings (SSSR count). The zero-order valence-corrected chi connectivity index (χ0v) is 9.19. The molecule has 15 heavy (non-hydrogen) atoms. The number of nitrogens with two attached hydrogens (primary N) is 1. The van der Waals surface area contributed by atoms with Crippen LogP contribution in [0.25, 0.3) is 0 Å². The van der Waals surface area contributed by atoms with Crippen LogP contribution < -0.4 is 10.6 Å². The molecule has 2 heterocycles. The molecule has 1 fully saturated rings. The van der Waals surface area contributed by atoms with E-state index < -0.39 is 0 Å². The standard InChI is InChI=1S/C11H18N4/c1-3-5-14-7-9(2)13-11(14)15-6-4-10(12)8-15/h3,7,10H,1,4-6,8,12H2,2H3. The van der Waals surface area contributed by atoms with Gasteiger partial charge in [-0.15, -0.1) is 6.58 Å². The summed E-state index contributed by atoms with van der Waals surface area (Å²) in [7, 11) is 0. The molecule has 82 valence electrons. The van der Waals surface area contributed by atoms with Crippen LogP contribution in [0.15, 0.2) is 18.9 Å². The Labute approximate surface area is 90.4 Å². The van der Waals surface area contributed by atoms with Crippen LogP contribution in [-0.4, -0.2) is 28.7 Å². The maximum Gasteiger partial charge on any atom is 0.206 e. The first-order valence-corrected chi connectivity index (χ1v) is 5.36. The monoisotopic (exact) mass is 206 g/mol. The Morgan fingerprint density at radius 2 is 2.53 bits per heavy atom. The third kappa shape index (κ3) is 2.04. The van der Waals surface area contributed by atoms with Gasteiger partial charge in [-0.1, -0.05) is 6.08 Å². The van der Waals surface area contributed by atoms with Gasteiger partial charge in [-0.25, -0.2) is 4.98 Å². The van der Waals surface area contributed by atoms with Crippen molar-refractivity contribution in [3.63, 3.8) is 0 Å². The van der Waals surface area contributed by atoms with Gasteiger partial charge < -0.3 is 15.2 Å². The highest BCUT2D eigenvalue weighted by Gasteiger charge is 2.22. The summed E-state index contributed by atoms with van der Waals surface area (Å²) in [5.74, 6) is 1.03. The normalized spacial score (nSPS) is 20.9. The van der Waals surface area contributed by atoms with Gasteiger partial charge in [0.15, 0.2) is 0 Å². The average Bonchev–Trinajstić information content (AvgIpc) is 2.73. The number of nitrogens with zero attached hydrogens (tertiary/aromatic N) is 3. The van der Waals surface area contributed by atoms with Crippen molar-refractivity contribution in [1.29, 1.82) is 0 Å². The largest absolute Gasteiger partial charge is 0.341 e. The summed E-state index contributed by atoms with van der Waals surface area (Å²) >= 11 is 0.